The van der Waals surface area contributed by atoms with Gasteiger partial charge in [0.05, 0.1) is 4.90 Å². The summed E-state index contributed by atoms with van der Waals surface area (Å²) < 4.78 is 22.9. The van der Waals surface area contributed by atoms with Gasteiger partial charge in [-0.3, -0.25) is 0 Å². The van der Waals surface area contributed by atoms with Crippen molar-refractivity contribution in [1.82, 2.24) is 0 Å². The van der Waals surface area contributed by atoms with E-state index in [1.807, 2.05) is 0 Å². The van der Waals surface area contributed by atoms with Crippen molar-refractivity contribution in [2.24, 2.45) is 0 Å². The molecule has 0 radical (unpaired) electrons. The second kappa shape index (κ2) is 4.06. The summed E-state index contributed by atoms with van der Waals surface area (Å²) in [6, 6.07) is 3.91. The van der Waals surface area contributed by atoms with Crippen LogP contribution in [0.15, 0.2) is 23.1 Å². The Labute approximate surface area is 92.2 Å². The summed E-state index contributed by atoms with van der Waals surface area (Å²) in [7, 11) is -3.74. The normalized spacial score (nSPS) is 14.0. The zero-order valence-electron chi connectivity index (χ0n) is 7.24. The van der Waals surface area contributed by atoms with Crippen LogP contribution in [0.5, 0.6) is 0 Å². The lowest BCUT2D eigenvalue weighted by Gasteiger charge is -2.07. The molecule has 78 valence electrons. The number of aliphatic hydroxyl groups is 1. The number of halogens is 2. The zero-order chi connectivity index (χ0) is 10.9. The molecule has 0 spiro atoms. The maximum absolute atomic E-state index is 11.5. The van der Waals surface area contributed by atoms with Gasteiger partial charge >= 0.3 is 0 Å². The van der Waals surface area contributed by atoms with Gasteiger partial charge in [-0.15, -0.1) is 0 Å². The van der Waals surface area contributed by atoms with Gasteiger partial charge < -0.3 is 5.11 Å². The first kappa shape index (κ1) is 11.8. The topological polar surface area (TPSA) is 54.4 Å². The predicted molar refractivity (Wildman–Crippen MR) is 55.3 cm³/mol. The highest BCUT2D eigenvalue weighted by atomic mass is 35.5. The van der Waals surface area contributed by atoms with Gasteiger partial charge in [0, 0.05) is 10.0 Å². The van der Waals surface area contributed by atoms with E-state index >= 15 is 0 Å². The molecule has 0 aliphatic heterocycles. The van der Waals surface area contributed by atoms with Gasteiger partial charge in [0.15, 0.2) is 5.44 Å². The molecule has 0 amide bonds. The number of benzene rings is 1. The monoisotopic (exact) mass is 254 g/mol. The Balaban J connectivity index is 3.34. The summed E-state index contributed by atoms with van der Waals surface area (Å²) >= 11 is 11.3. The van der Waals surface area contributed by atoms with Gasteiger partial charge in [-0.2, -0.15) is 0 Å². The molecule has 3 nitrogen and oxygen atoms in total. The molecular weight excluding hydrogens is 247 g/mol. The van der Waals surface area contributed by atoms with Crippen LogP contribution in [-0.2, 0) is 9.84 Å². The predicted octanol–water partition coefficient (Wildman–Crippen LogP) is 2.11. The smallest absolute Gasteiger partial charge is 0.204 e. The zero-order valence-corrected chi connectivity index (χ0v) is 9.57. The lowest BCUT2D eigenvalue weighted by molar-refractivity contribution is 0.268. The SMILES string of the molecule is CC(O)S(=O)(=O)c1cc(Cl)cc(Cl)c1. The molecule has 1 unspecified atom stereocenters. The third-order valence-corrected chi connectivity index (χ3v) is 3.84. The minimum Gasteiger partial charge on any atom is -0.377 e. The fourth-order valence-corrected chi connectivity index (χ4v) is 2.52. The second-order valence-corrected chi connectivity index (χ2v) is 5.87. The van der Waals surface area contributed by atoms with Crippen molar-refractivity contribution in [2.75, 3.05) is 0 Å². The van der Waals surface area contributed by atoms with E-state index in [-0.39, 0.29) is 14.9 Å². The molecule has 0 saturated heterocycles. The lowest BCUT2D eigenvalue weighted by atomic mass is 10.4. The summed E-state index contributed by atoms with van der Waals surface area (Å²) in [4.78, 5) is -0.0787. The van der Waals surface area contributed by atoms with Crippen LogP contribution in [0.2, 0.25) is 10.0 Å². The largest absolute Gasteiger partial charge is 0.377 e. The van der Waals surface area contributed by atoms with Gasteiger partial charge in [-0.1, -0.05) is 23.2 Å². The maximum Gasteiger partial charge on any atom is 0.204 e. The summed E-state index contributed by atoms with van der Waals surface area (Å²) in [6.45, 7) is 1.17. The highest BCUT2D eigenvalue weighted by molar-refractivity contribution is 7.91. The van der Waals surface area contributed by atoms with Crippen LogP contribution in [0.1, 0.15) is 6.92 Å². The van der Waals surface area contributed by atoms with Crippen molar-refractivity contribution in [3.05, 3.63) is 28.2 Å². The molecule has 1 aromatic carbocycles. The van der Waals surface area contributed by atoms with Crippen LogP contribution in [0.3, 0.4) is 0 Å². The molecule has 0 aliphatic rings. The molecule has 14 heavy (non-hydrogen) atoms. The van der Waals surface area contributed by atoms with Crippen LogP contribution in [0.4, 0.5) is 0 Å². The minimum atomic E-state index is -3.74. The number of rotatable bonds is 2. The lowest BCUT2D eigenvalue weighted by Crippen LogP contribution is -2.16. The van der Waals surface area contributed by atoms with E-state index in [1.165, 1.54) is 25.1 Å². The fourth-order valence-electron chi connectivity index (χ4n) is 0.890. The third kappa shape index (κ3) is 2.39. The summed E-state index contributed by atoms with van der Waals surface area (Å²) in [5.74, 6) is 0. The van der Waals surface area contributed by atoms with Crippen LogP contribution >= 0.6 is 23.2 Å². The molecular formula is C8H8Cl2O3S. The van der Waals surface area contributed by atoms with Crippen molar-refractivity contribution >= 4 is 33.0 Å². The number of sulfone groups is 1. The molecule has 0 bridgehead atoms. The Kier molecular flexibility index (Phi) is 3.42. The Morgan fingerprint density at radius 3 is 2.00 bits per heavy atom. The molecule has 1 N–H and O–H groups in total. The van der Waals surface area contributed by atoms with E-state index in [1.54, 1.807) is 0 Å². The summed E-state index contributed by atoms with van der Waals surface area (Å²) in [6.07, 6.45) is 0. The Bertz CT molecular complexity index is 420. The van der Waals surface area contributed by atoms with E-state index < -0.39 is 15.3 Å². The Morgan fingerprint density at radius 2 is 1.64 bits per heavy atom. The fraction of sp³-hybridized carbons (Fsp3) is 0.250. The molecule has 0 aliphatic carbocycles. The van der Waals surface area contributed by atoms with Gasteiger partial charge in [-0.25, -0.2) is 8.42 Å². The first-order chi connectivity index (χ1) is 6.34. The average Bonchev–Trinajstić information content (AvgIpc) is 2.01. The van der Waals surface area contributed by atoms with Crippen LogP contribution < -0.4 is 0 Å². The first-order valence-corrected chi connectivity index (χ1v) is 6.02. The van der Waals surface area contributed by atoms with E-state index in [2.05, 4.69) is 0 Å². The molecule has 6 heteroatoms. The van der Waals surface area contributed by atoms with Crippen molar-refractivity contribution in [1.29, 1.82) is 0 Å². The molecule has 0 fully saturated rings. The highest BCUT2D eigenvalue weighted by Crippen LogP contribution is 2.24. The van der Waals surface area contributed by atoms with Crippen LogP contribution in [-0.4, -0.2) is 19.0 Å². The quantitative estimate of drug-likeness (QED) is 0.880. The molecule has 1 aromatic rings. The number of hydrogen-bond donors (Lipinski definition) is 1. The van der Waals surface area contributed by atoms with Gasteiger partial charge in [0.1, 0.15) is 0 Å². The molecule has 0 aromatic heterocycles. The van der Waals surface area contributed by atoms with Gasteiger partial charge in [-0.05, 0) is 25.1 Å². The maximum atomic E-state index is 11.5. The standard InChI is InChI=1S/C8H8Cl2O3S/c1-5(11)14(12,13)8-3-6(9)2-7(10)4-8/h2-5,11H,1H3. The Morgan fingerprint density at radius 1 is 1.21 bits per heavy atom. The average molecular weight is 255 g/mol. The summed E-state index contributed by atoms with van der Waals surface area (Å²) in [5, 5.41) is 9.48. The molecule has 0 heterocycles. The summed E-state index contributed by atoms with van der Waals surface area (Å²) in [5.41, 5.74) is -1.47. The molecule has 1 atom stereocenters. The second-order valence-electron chi connectivity index (χ2n) is 2.75. The number of hydrogen-bond acceptors (Lipinski definition) is 3. The molecule has 1 rings (SSSR count). The van der Waals surface area contributed by atoms with E-state index in [0.29, 0.717) is 0 Å². The first-order valence-electron chi connectivity index (χ1n) is 3.72. The van der Waals surface area contributed by atoms with Crippen molar-refractivity contribution in [3.63, 3.8) is 0 Å². The van der Waals surface area contributed by atoms with Crippen molar-refractivity contribution in [3.8, 4) is 0 Å². The minimum absolute atomic E-state index is 0.0787. The van der Waals surface area contributed by atoms with Gasteiger partial charge in [0.2, 0.25) is 9.84 Å². The third-order valence-electron chi connectivity index (χ3n) is 1.61. The van der Waals surface area contributed by atoms with E-state index in [0.717, 1.165) is 0 Å². The Hall–Kier alpha value is -0.290. The van der Waals surface area contributed by atoms with Gasteiger partial charge in [0.25, 0.3) is 0 Å². The highest BCUT2D eigenvalue weighted by Gasteiger charge is 2.21. The number of aliphatic hydroxyl groups excluding tert-OH is 1. The molecule has 0 saturated carbocycles. The van der Waals surface area contributed by atoms with Crippen molar-refractivity contribution in [2.45, 2.75) is 17.3 Å². The van der Waals surface area contributed by atoms with E-state index in [9.17, 15) is 8.42 Å². The van der Waals surface area contributed by atoms with Crippen LogP contribution in [0.25, 0.3) is 0 Å². The van der Waals surface area contributed by atoms with E-state index in [4.69, 9.17) is 28.3 Å². The van der Waals surface area contributed by atoms with Crippen molar-refractivity contribution < 1.29 is 13.5 Å². The van der Waals surface area contributed by atoms with Crippen LogP contribution in [0, 0.1) is 0 Å².